The van der Waals surface area contributed by atoms with Crippen LogP contribution in [0.5, 0.6) is 11.5 Å². The van der Waals surface area contributed by atoms with Crippen LogP contribution in [0.25, 0.3) is 0 Å². The van der Waals surface area contributed by atoms with E-state index >= 15 is 0 Å². The molecule has 0 fully saturated rings. The smallest absolute Gasteiger partial charge is 0.274 e. The van der Waals surface area contributed by atoms with Gasteiger partial charge in [-0.15, -0.1) is 0 Å². The first-order valence-electron chi connectivity index (χ1n) is 6.14. The van der Waals surface area contributed by atoms with E-state index in [4.69, 9.17) is 9.57 Å². The van der Waals surface area contributed by atoms with Gasteiger partial charge in [0.25, 0.3) is 5.91 Å². The van der Waals surface area contributed by atoms with Crippen LogP contribution in [0.4, 0.5) is 4.39 Å². The SMILES string of the molecule is CCONC(=O)c1ccc(Oc2ccc(F)cc2)cc1. The zero-order valence-corrected chi connectivity index (χ0v) is 10.9. The van der Waals surface area contributed by atoms with Gasteiger partial charge in [-0.1, -0.05) is 0 Å². The number of hydrogen-bond acceptors (Lipinski definition) is 3. The van der Waals surface area contributed by atoms with E-state index in [9.17, 15) is 9.18 Å². The molecule has 2 aromatic rings. The zero-order chi connectivity index (χ0) is 14.4. The average molecular weight is 275 g/mol. The summed E-state index contributed by atoms with van der Waals surface area (Å²) in [6.45, 7) is 2.18. The van der Waals surface area contributed by atoms with Crippen molar-refractivity contribution in [3.05, 3.63) is 59.9 Å². The summed E-state index contributed by atoms with van der Waals surface area (Å²) in [7, 11) is 0. The molecule has 0 heterocycles. The van der Waals surface area contributed by atoms with Crippen molar-refractivity contribution in [2.45, 2.75) is 6.92 Å². The van der Waals surface area contributed by atoms with Crippen molar-refractivity contribution >= 4 is 5.91 Å². The largest absolute Gasteiger partial charge is 0.457 e. The Morgan fingerprint density at radius 1 is 1.05 bits per heavy atom. The van der Waals surface area contributed by atoms with Crippen molar-refractivity contribution in [1.29, 1.82) is 0 Å². The minimum absolute atomic E-state index is 0.319. The van der Waals surface area contributed by atoms with Gasteiger partial charge in [0.1, 0.15) is 17.3 Å². The predicted molar refractivity (Wildman–Crippen MR) is 72.0 cm³/mol. The summed E-state index contributed by atoms with van der Waals surface area (Å²) >= 11 is 0. The van der Waals surface area contributed by atoms with Crippen LogP contribution in [0.2, 0.25) is 0 Å². The Morgan fingerprint density at radius 3 is 2.15 bits per heavy atom. The Bertz CT molecular complexity index is 567. The van der Waals surface area contributed by atoms with E-state index in [1.54, 1.807) is 31.2 Å². The van der Waals surface area contributed by atoms with E-state index in [2.05, 4.69) is 5.48 Å². The fraction of sp³-hybridized carbons (Fsp3) is 0.133. The third-order valence-corrected chi connectivity index (χ3v) is 2.48. The fourth-order valence-corrected chi connectivity index (χ4v) is 1.51. The van der Waals surface area contributed by atoms with Crippen molar-refractivity contribution in [2.24, 2.45) is 0 Å². The molecule has 2 aromatic carbocycles. The Kier molecular flexibility index (Phi) is 4.68. The van der Waals surface area contributed by atoms with Crippen molar-refractivity contribution < 1.29 is 18.8 Å². The molecule has 0 spiro atoms. The van der Waals surface area contributed by atoms with Crippen LogP contribution in [-0.4, -0.2) is 12.5 Å². The molecule has 2 rings (SSSR count). The Hall–Kier alpha value is -2.40. The molecule has 0 aliphatic rings. The highest BCUT2D eigenvalue weighted by Gasteiger charge is 2.05. The summed E-state index contributed by atoms with van der Waals surface area (Å²) < 4.78 is 18.3. The minimum atomic E-state index is -0.319. The number of hydroxylamine groups is 1. The summed E-state index contributed by atoms with van der Waals surface area (Å²) in [5.74, 6) is 0.447. The van der Waals surface area contributed by atoms with Crippen LogP contribution < -0.4 is 10.2 Å². The Labute approximate surface area is 116 Å². The van der Waals surface area contributed by atoms with Crippen molar-refractivity contribution in [1.82, 2.24) is 5.48 Å². The normalized spacial score (nSPS) is 10.1. The van der Waals surface area contributed by atoms with Crippen LogP contribution in [-0.2, 0) is 4.84 Å². The molecule has 104 valence electrons. The molecule has 20 heavy (non-hydrogen) atoms. The number of rotatable bonds is 5. The molecule has 0 aliphatic heterocycles. The number of benzene rings is 2. The molecular weight excluding hydrogens is 261 g/mol. The van der Waals surface area contributed by atoms with Gasteiger partial charge in [-0.2, -0.15) is 0 Å². The molecule has 5 heteroatoms. The lowest BCUT2D eigenvalue weighted by atomic mass is 10.2. The van der Waals surface area contributed by atoms with E-state index < -0.39 is 0 Å². The minimum Gasteiger partial charge on any atom is -0.457 e. The maximum absolute atomic E-state index is 12.8. The van der Waals surface area contributed by atoms with Gasteiger partial charge in [0.2, 0.25) is 0 Å². The van der Waals surface area contributed by atoms with Gasteiger partial charge in [-0.05, 0) is 55.5 Å². The van der Waals surface area contributed by atoms with Gasteiger partial charge in [-0.25, -0.2) is 9.87 Å². The lowest BCUT2D eigenvalue weighted by molar-refractivity contribution is 0.0364. The number of halogens is 1. The van der Waals surface area contributed by atoms with Crippen molar-refractivity contribution in [3.63, 3.8) is 0 Å². The molecular formula is C15H14FNO3. The monoisotopic (exact) mass is 275 g/mol. The van der Waals surface area contributed by atoms with E-state index in [-0.39, 0.29) is 11.7 Å². The third-order valence-electron chi connectivity index (χ3n) is 2.48. The second-order valence-corrected chi connectivity index (χ2v) is 3.94. The van der Waals surface area contributed by atoms with Crippen LogP contribution in [0.15, 0.2) is 48.5 Å². The first-order valence-corrected chi connectivity index (χ1v) is 6.14. The maximum atomic E-state index is 12.8. The van der Waals surface area contributed by atoms with E-state index in [1.165, 1.54) is 24.3 Å². The van der Waals surface area contributed by atoms with E-state index in [0.29, 0.717) is 23.7 Å². The van der Waals surface area contributed by atoms with Gasteiger partial charge in [-0.3, -0.25) is 9.63 Å². The van der Waals surface area contributed by atoms with Crippen molar-refractivity contribution in [3.8, 4) is 11.5 Å². The number of hydrogen-bond donors (Lipinski definition) is 1. The van der Waals surface area contributed by atoms with Gasteiger partial charge in [0.15, 0.2) is 0 Å². The summed E-state index contributed by atoms with van der Waals surface area (Å²) in [6.07, 6.45) is 0. The average Bonchev–Trinajstić information content (AvgIpc) is 2.48. The molecule has 1 amide bonds. The van der Waals surface area contributed by atoms with Crippen LogP contribution in [0.3, 0.4) is 0 Å². The maximum Gasteiger partial charge on any atom is 0.274 e. The lowest BCUT2D eigenvalue weighted by Crippen LogP contribution is -2.23. The molecule has 0 bridgehead atoms. The Balaban J connectivity index is 2.01. The first-order chi connectivity index (χ1) is 9.69. The molecule has 0 aliphatic carbocycles. The summed E-state index contributed by atoms with van der Waals surface area (Å²) in [6, 6.07) is 12.3. The summed E-state index contributed by atoms with van der Waals surface area (Å²) in [5, 5.41) is 0. The highest BCUT2D eigenvalue weighted by atomic mass is 19.1. The third kappa shape index (κ3) is 3.80. The standard InChI is InChI=1S/C15H14FNO3/c1-2-19-17-15(18)11-3-7-13(8-4-11)20-14-9-5-12(16)6-10-14/h3-10H,2H2,1H3,(H,17,18). The molecule has 0 radical (unpaired) electrons. The molecule has 0 saturated carbocycles. The van der Waals surface area contributed by atoms with Gasteiger partial charge >= 0.3 is 0 Å². The number of amides is 1. The number of ether oxygens (including phenoxy) is 1. The fourth-order valence-electron chi connectivity index (χ4n) is 1.51. The molecule has 1 N–H and O–H groups in total. The highest BCUT2D eigenvalue weighted by molar-refractivity contribution is 5.93. The number of carbonyl (C=O) groups is 1. The molecule has 0 unspecified atom stereocenters. The molecule has 0 aromatic heterocycles. The summed E-state index contributed by atoms with van der Waals surface area (Å²) in [5.41, 5.74) is 2.77. The zero-order valence-electron chi connectivity index (χ0n) is 10.9. The lowest BCUT2D eigenvalue weighted by Gasteiger charge is -2.07. The van der Waals surface area contributed by atoms with E-state index in [0.717, 1.165) is 0 Å². The van der Waals surface area contributed by atoms with Crippen molar-refractivity contribution in [2.75, 3.05) is 6.61 Å². The summed E-state index contributed by atoms with van der Waals surface area (Å²) in [4.78, 5) is 16.4. The second kappa shape index (κ2) is 6.68. The van der Waals surface area contributed by atoms with Crippen LogP contribution in [0, 0.1) is 5.82 Å². The van der Waals surface area contributed by atoms with Gasteiger partial charge in [0.05, 0.1) is 6.61 Å². The first kappa shape index (κ1) is 14.0. The molecule has 4 nitrogen and oxygen atoms in total. The van der Waals surface area contributed by atoms with Gasteiger partial charge < -0.3 is 4.74 Å². The molecule has 0 atom stereocenters. The molecule has 0 saturated heterocycles. The topological polar surface area (TPSA) is 47.6 Å². The van der Waals surface area contributed by atoms with Crippen LogP contribution >= 0.6 is 0 Å². The van der Waals surface area contributed by atoms with Gasteiger partial charge in [0, 0.05) is 5.56 Å². The predicted octanol–water partition coefficient (Wildman–Crippen LogP) is 3.30. The van der Waals surface area contributed by atoms with E-state index in [1.807, 2.05) is 0 Å². The Morgan fingerprint density at radius 2 is 1.60 bits per heavy atom. The van der Waals surface area contributed by atoms with Crippen LogP contribution in [0.1, 0.15) is 17.3 Å². The quantitative estimate of drug-likeness (QED) is 0.852. The second-order valence-electron chi connectivity index (χ2n) is 3.94. The highest BCUT2D eigenvalue weighted by Crippen LogP contribution is 2.21. The number of carbonyl (C=O) groups excluding carboxylic acids is 1. The number of nitrogens with one attached hydrogen (secondary N) is 1.